The van der Waals surface area contributed by atoms with Gasteiger partial charge in [-0.25, -0.2) is 5.43 Å². The number of nitrogens with one attached hydrogen (secondary N) is 1. The number of hydrogen-bond donors (Lipinski definition) is 1. The molecule has 1 N–H and O–H groups in total. The number of amides is 1. The van der Waals surface area contributed by atoms with Crippen molar-refractivity contribution in [3.63, 3.8) is 0 Å². The van der Waals surface area contributed by atoms with E-state index in [1.54, 1.807) is 0 Å². The second kappa shape index (κ2) is 7.95. The molecule has 1 aromatic rings. The fraction of sp³-hybridized carbons (Fsp3) is 0.474. The molecule has 1 amide bonds. The second-order valence-electron chi connectivity index (χ2n) is 6.92. The smallest absolute Gasteiger partial charge is 0.277 e. The Kier molecular flexibility index (Phi) is 5.97. The SMILES string of the molecule is CC(C)(C)c1ccc(OCC(=O)N/N=C\[C@@H]2CC=CCC2)cc1. The van der Waals surface area contributed by atoms with Gasteiger partial charge in [0.1, 0.15) is 5.75 Å². The van der Waals surface area contributed by atoms with Crippen LogP contribution in [-0.2, 0) is 10.2 Å². The lowest BCUT2D eigenvalue weighted by atomic mass is 9.87. The number of carbonyl (C=O) groups is 1. The summed E-state index contributed by atoms with van der Waals surface area (Å²) in [6, 6.07) is 7.85. The van der Waals surface area contributed by atoms with Crippen molar-refractivity contribution < 1.29 is 9.53 Å². The fourth-order valence-electron chi connectivity index (χ4n) is 2.40. The molecule has 23 heavy (non-hydrogen) atoms. The molecule has 1 atom stereocenters. The number of nitrogens with zero attached hydrogens (tertiary/aromatic N) is 1. The van der Waals surface area contributed by atoms with Crippen molar-refractivity contribution in [2.24, 2.45) is 11.0 Å². The molecule has 2 rings (SSSR count). The van der Waals surface area contributed by atoms with Gasteiger partial charge in [-0.1, -0.05) is 45.1 Å². The van der Waals surface area contributed by atoms with Crippen LogP contribution in [0.5, 0.6) is 5.75 Å². The van der Waals surface area contributed by atoms with Crippen molar-refractivity contribution in [2.75, 3.05) is 6.61 Å². The van der Waals surface area contributed by atoms with Gasteiger partial charge in [-0.3, -0.25) is 4.79 Å². The van der Waals surface area contributed by atoms with E-state index in [0.29, 0.717) is 11.7 Å². The maximum absolute atomic E-state index is 11.7. The van der Waals surface area contributed by atoms with Gasteiger partial charge in [-0.2, -0.15) is 5.10 Å². The van der Waals surface area contributed by atoms with E-state index >= 15 is 0 Å². The second-order valence-corrected chi connectivity index (χ2v) is 6.92. The highest BCUT2D eigenvalue weighted by Gasteiger charge is 2.13. The third-order valence-electron chi connectivity index (χ3n) is 3.87. The van der Waals surface area contributed by atoms with E-state index in [4.69, 9.17) is 4.74 Å². The minimum atomic E-state index is -0.243. The van der Waals surface area contributed by atoms with Gasteiger partial charge in [0.15, 0.2) is 6.61 Å². The minimum absolute atomic E-state index is 0.0310. The maximum atomic E-state index is 11.7. The van der Waals surface area contributed by atoms with E-state index in [-0.39, 0.29) is 17.9 Å². The van der Waals surface area contributed by atoms with Crippen molar-refractivity contribution >= 4 is 12.1 Å². The summed E-state index contributed by atoms with van der Waals surface area (Å²) in [5, 5.41) is 4.02. The Morgan fingerprint density at radius 1 is 1.30 bits per heavy atom. The molecule has 124 valence electrons. The Morgan fingerprint density at radius 3 is 2.65 bits per heavy atom. The highest BCUT2D eigenvalue weighted by atomic mass is 16.5. The van der Waals surface area contributed by atoms with Crippen LogP contribution in [0.1, 0.15) is 45.6 Å². The summed E-state index contributed by atoms with van der Waals surface area (Å²) in [5.41, 5.74) is 3.86. The number of benzene rings is 1. The number of rotatable bonds is 5. The quantitative estimate of drug-likeness (QED) is 0.510. The molecule has 0 saturated heterocycles. The highest BCUT2D eigenvalue weighted by Crippen LogP contribution is 2.24. The zero-order valence-electron chi connectivity index (χ0n) is 14.2. The van der Waals surface area contributed by atoms with Crippen molar-refractivity contribution in [3.8, 4) is 5.75 Å². The minimum Gasteiger partial charge on any atom is -0.484 e. The lowest BCUT2D eigenvalue weighted by Crippen LogP contribution is -2.25. The molecule has 1 aliphatic rings. The van der Waals surface area contributed by atoms with Gasteiger partial charge in [-0.05, 0) is 48.3 Å². The Labute approximate surface area is 138 Å². The van der Waals surface area contributed by atoms with E-state index < -0.39 is 0 Å². The summed E-state index contributed by atoms with van der Waals surface area (Å²) < 4.78 is 5.48. The molecule has 4 heteroatoms. The van der Waals surface area contributed by atoms with Gasteiger partial charge in [0.2, 0.25) is 0 Å². The number of hydrogen-bond acceptors (Lipinski definition) is 3. The van der Waals surface area contributed by atoms with Crippen LogP contribution < -0.4 is 10.2 Å². The van der Waals surface area contributed by atoms with E-state index in [2.05, 4.69) is 43.5 Å². The highest BCUT2D eigenvalue weighted by molar-refractivity contribution is 5.78. The van der Waals surface area contributed by atoms with E-state index in [0.717, 1.165) is 19.3 Å². The molecule has 0 fully saturated rings. The normalized spacial score (nSPS) is 18.1. The van der Waals surface area contributed by atoms with Gasteiger partial charge in [0.25, 0.3) is 5.91 Å². The van der Waals surface area contributed by atoms with Crippen LogP contribution in [0, 0.1) is 5.92 Å². The van der Waals surface area contributed by atoms with Gasteiger partial charge in [-0.15, -0.1) is 0 Å². The number of ether oxygens (including phenoxy) is 1. The molecule has 0 bridgehead atoms. The van der Waals surface area contributed by atoms with Gasteiger partial charge >= 0.3 is 0 Å². The largest absolute Gasteiger partial charge is 0.484 e. The predicted octanol–water partition coefficient (Wildman–Crippen LogP) is 3.82. The first-order chi connectivity index (χ1) is 10.9. The summed E-state index contributed by atoms with van der Waals surface area (Å²) >= 11 is 0. The number of allylic oxidation sites excluding steroid dienone is 2. The summed E-state index contributed by atoms with van der Waals surface area (Å²) in [4.78, 5) is 11.7. The van der Waals surface area contributed by atoms with Crippen LogP contribution in [0.3, 0.4) is 0 Å². The standard InChI is InChI=1S/C19H26N2O2/c1-19(2,3)16-9-11-17(12-10-16)23-14-18(22)21-20-13-15-7-5-4-6-8-15/h4-5,9-13,15H,6-8,14H2,1-3H3,(H,21,22)/b20-13-/t15-/m1/s1. The summed E-state index contributed by atoms with van der Waals surface area (Å²) in [6.07, 6.45) is 9.33. The summed E-state index contributed by atoms with van der Waals surface area (Å²) in [6.45, 7) is 6.46. The molecule has 0 saturated carbocycles. The Bertz CT molecular complexity index is 568. The van der Waals surface area contributed by atoms with Gasteiger partial charge in [0.05, 0.1) is 0 Å². The summed E-state index contributed by atoms with van der Waals surface area (Å²) in [7, 11) is 0. The average molecular weight is 314 g/mol. The first-order valence-corrected chi connectivity index (χ1v) is 8.15. The zero-order chi connectivity index (χ0) is 16.7. The third-order valence-corrected chi connectivity index (χ3v) is 3.87. The Morgan fingerprint density at radius 2 is 2.04 bits per heavy atom. The van der Waals surface area contributed by atoms with Crippen LogP contribution in [-0.4, -0.2) is 18.7 Å². The summed E-state index contributed by atoms with van der Waals surface area (Å²) in [5.74, 6) is 0.869. The van der Waals surface area contributed by atoms with E-state index in [1.165, 1.54) is 5.56 Å². The molecule has 0 radical (unpaired) electrons. The maximum Gasteiger partial charge on any atom is 0.277 e. The average Bonchev–Trinajstić information content (AvgIpc) is 2.53. The predicted molar refractivity (Wildman–Crippen MR) is 93.8 cm³/mol. The van der Waals surface area contributed by atoms with Crippen LogP contribution in [0.4, 0.5) is 0 Å². The van der Waals surface area contributed by atoms with Crippen LogP contribution in [0.15, 0.2) is 41.5 Å². The number of hydrazone groups is 1. The molecule has 0 aromatic heterocycles. The topological polar surface area (TPSA) is 50.7 Å². The molecular weight excluding hydrogens is 288 g/mol. The Hall–Kier alpha value is -2.10. The van der Waals surface area contributed by atoms with Gasteiger partial charge in [0, 0.05) is 6.21 Å². The zero-order valence-corrected chi connectivity index (χ0v) is 14.2. The molecule has 1 aromatic carbocycles. The third kappa shape index (κ3) is 5.89. The molecule has 0 spiro atoms. The molecule has 0 aliphatic heterocycles. The van der Waals surface area contributed by atoms with E-state index in [1.807, 2.05) is 30.5 Å². The first kappa shape index (κ1) is 17.3. The molecule has 1 aliphatic carbocycles. The Balaban J connectivity index is 1.73. The van der Waals surface area contributed by atoms with Crippen molar-refractivity contribution in [1.82, 2.24) is 5.43 Å². The van der Waals surface area contributed by atoms with Crippen LogP contribution >= 0.6 is 0 Å². The van der Waals surface area contributed by atoms with Crippen molar-refractivity contribution in [2.45, 2.75) is 45.4 Å². The molecule has 0 unspecified atom stereocenters. The van der Waals surface area contributed by atoms with E-state index in [9.17, 15) is 4.79 Å². The van der Waals surface area contributed by atoms with Crippen LogP contribution in [0.25, 0.3) is 0 Å². The molecule has 4 nitrogen and oxygen atoms in total. The van der Waals surface area contributed by atoms with Gasteiger partial charge < -0.3 is 4.74 Å². The number of carbonyl (C=O) groups excluding carboxylic acids is 1. The fourth-order valence-corrected chi connectivity index (χ4v) is 2.40. The lowest BCUT2D eigenvalue weighted by molar-refractivity contribution is -0.123. The molecular formula is C19H26N2O2. The van der Waals surface area contributed by atoms with Crippen molar-refractivity contribution in [1.29, 1.82) is 0 Å². The monoisotopic (exact) mass is 314 g/mol. The van der Waals surface area contributed by atoms with Crippen molar-refractivity contribution in [3.05, 3.63) is 42.0 Å². The lowest BCUT2D eigenvalue weighted by Gasteiger charge is -2.19. The first-order valence-electron chi connectivity index (χ1n) is 8.15. The molecule has 0 heterocycles. The van der Waals surface area contributed by atoms with Crippen LogP contribution in [0.2, 0.25) is 0 Å².